The van der Waals surface area contributed by atoms with Crippen LogP contribution in [0.3, 0.4) is 0 Å². The van der Waals surface area contributed by atoms with E-state index in [1.54, 1.807) is 6.07 Å². The van der Waals surface area contributed by atoms with Gasteiger partial charge in [0, 0.05) is 6.54 Å². The van der Waals surface area contributed by atoms with Gasteiger partial charge in [0.25, 0.3) is 0 Å². The van der Waals surface area contributed by atoms with Crippen molar-refractivity contribution in [2.75, 3.05) is 13.6 Å². The third kappa shape index (κ3) is 1.27. The minimum atomic E-state index is 0.400. The summed E-state index contributed by atoms with van der Waals surface area (Å²) >= 11 is 0. The highest BCUT2D eigenvalue weighted by atomic mass is 16.3. The lowest BCUT2D eigenvalue weighted by molar-refractivity contribution is 0.103. The minimum Gasteiger partial charge on any atom is -0.508 e. The summed E-state index contributed by atoms with van der Waals surface area (Å²) < 4.78 is 0. The first kappa shape index (κ1) is 9.19. The first-order chi connectivity index (χ1) is 7.29. The highest BCUT2D eigenvalue weighted by molar-refractivity contribution is 5.43. The molecule has 3 nitrogen and oxygen atoms in total. The van der Waals surface area contributed by atoms with Crippen LogP contribution < -0.4 is 5.43 Å². The summed E-state index contributed by atoms with van der Waals surface area (Å²) in [5, 5.41) is 11.8. The zero-order valence-corrected chi connectivity index (χ0v) is 8.90. The van der Waals surface area contributed by atoms with E-state index in [0.29, 0.717) is 17.7 Å². The molecule has 0 radical (unpaired) electrons. The number of fused-ring (bicyclic) bond motifs is 5. The van der Waals surface area contributed by atoms with Gasteiger partial charge in [-0.1, -0.05) is 6.07 Å². The van der Waals surface area contributed by atoms with E-state index >= 15 is 0 Å². The summed E-state index contributed by atoms with van der Waals surface area (Å²) in [5.41, 5.74) is 6.01. The highest BCUT2D eigenvalue weighted by Gasteiger charge is 2.38. The smallest absolute Gasteiger partial charge is 0.115 e. The van der Waals surface area contributed by atoms with Crippen LogP contribution >= 0.6 is 0 Å². The molecule has 1 aliphatic heterocycles. The van der Waals surface area contributed by atoms with E-state index < -0.39 is 0 Å². The fourth-order valence-corrected chi connectivity index (χ4v) is 3.03. The van der Waals surface area contributed by atoms with E-state index in [4.69, 9.17) is 0 Å². The molecule has 15 heavy (non-hydrogen) atoms. The minimum absolute atomic E-state index is 0.400. The lowest BCUT2D eigenvalue weighted by atomic mass is 9.96. The summed E-state index contributed by atoms with van der Waals surface area (Å²) in [7, 11) is 1.98. The van der Waals surface area contributed by atoms with Gasteiger partial charge < -0.3 is 5.11 Å². The standard InChI is InChI=1S/C12H16N2O/c1-13-14-5-4-8-6-12(14)10-3-2-9(15)7-11(8)10/h2-3,7-8,12-13,15H,4-6H2,1H3. The highest BCUT2D eigenvalue weighted by Crippen LogP contribution is 2.48. The molecule has 1 heterocycles. The Hall–Kier alpha value is -1.06. The van der Waals surface area contributed by atoms with E-state index in [2.05, 4.69) is 16.5 Å². The van der Waals surface area contributed by atoms with Crippen molar-refractivity contribution in [3.05, 3.63) is 29.3 Å². The molecule has 0 spiro atoms. The zero-order valence-electron chi connectivity index (χ0n) is 8.90. The monoisotopic (exact) mass is 204 g/mol. The number of phenolic OH excluding ortho intramolecular Hbond substituents is 1. The number of hydrogen-bond acceptors (Lipinski definition) is 3. The van der Waals surface area contributed by atoms with E-state index in [1.165, 1.54) is 24.0 Å². The van der Waals surface area contributed by atoms with Gasteiger partial charge in [0.15, 0.2) is 0 Å². The number of phenols is 1. The number of hydrogen-bond donors (Lipinski definition) is 2. The van der Waals surface area contributed by atoms with Crippen molar-refractivity contribution < 1.29 is 5.11 Å². The predicted octanol–water partition coefficient (Wildman–Crippen LogP) is 1.76. The average Bonchev–Trinajstić information content (AvgIpc) is 2.54. The number of aromatic hydroxyl groups is 1. The van der Waals surface area contributed by atoms with Crippen molar-refractivity contribution >= 4 is 0 Å². The Morgan fingerprint density at radius 2 is 2.27 bits per heavy atom. The molecule has 1 fully saturated rings. The molecule has 2 N–H and O–H groups in total. The lowest BCUT2D eigenvalue weighted by Gasteiger charge is -2.32. The van der Waals surface area contributed by atoms with E-state index in [1.807, 2.05) is 13.1 Å². The number of nitrogens with zero attached hydrogens (tertiary/aromatic N) is 1. The SMILES string of the molecule is CNN1CCC2CC1c1ccc(O)cc12. The Labute approximate surface area is 89.7 Å². The number of piperidine rings is 1. The van der Waals surface area contributed by atoms with Gasteiger partial charge in [0.05, 0.1) is 6.04 Å². The third-order valence-corrected chi connectivity index (χ3v) is 3.76. The fourth-order valence-electron chi connectivity index (χ4n) is 3.03. The van der Waals surface area contributed by atoms with Crippen LogP contribution in [0.4, 0.5) is 0 Å². The summed E-state index contributed by atoms with van der Waals surface area (Å²) in [6.45, 7) is 1.10. The van der Waals surface area contributed by atoms with Crippen molar-refractivity contribution in [3.63, 3.8) is 0 Å². The molecule has 0 aromatic heterocycles. The molecular formula is C12H16N2O. The van der Waals surface area contributed by atoms with Crippen molar-refractivity contribution in [2.24, 2.45) is 0 Å². The Bertz CT molecular complexity index is 391. The number of rotatable bonds is 1. The summed E-state index contributed by atoms with van der Waals surface area (Å²) in [5.74, 6) is 1.05. The van der Waals surface area contributed by atoms with E-state index in [-0.39, 0.29) is 0 Å². The molecule has 0 amide bonds. The van der Waals surface area contributed by atoms with Crippen LogP contribution in [0, 0.1) is 0 Å². The molecule has 2 aliphatic rings. The first-order valence-electron chi connectivity index (χ1n) is 5.56. The van der Waals surface area contributed by atoms with Crippen LogP contribution in [0.15, 0.2) is 18.2 Å². The van der Waals surface area contributed by atoms with Gasteiger partial charge in [-0.2, -0.15) is 0 Å². The van der Waals surface area contributed by atoms with Crippen LogP contribution in [0.1, 0.15) is 35.9 Å². The molecule has 1 saturated heterocycles. The number of hydrazine groups is 1. The average molecular weight is 204 g/mol. The zero-order chi connectivity index (χ0) is 10.4. The Kier molecular flexibility index (Phi) is 1.97. The normalized spacial score (nSPS) is 29.1. The Morgan fingerprint density at radius 3 is 3.07 bits per heavy atom. The Balaban J connectivity index is 2.06. The quantitative estimate of drug-likeness (QED) is 0.731. The van der Waals surface area contributed by atoms with Gasteiger partial charge in [-0.3, -0.25) is 5.43 Å². The van der Waals surface area contributed by atoms with Crippen LogP contribution in [-0.2, 0) is 0 Å². The molecule has 2 bridgehead atoms. The maximum absolute atomic E-state index is 9.51. The maximum Gasteiger partial charge on any atom is 0.115 e. The molecular weight excluding hydrogens is 188 g/mol. The Morgan fingerprint density at radius 1 is 1.40 bits per heavy atom. The predicted molar refractivity (Wildman–Crippen MR) is 58.6 cm³/mol. The summed E-state index contributed by atoms with van der Waals surface area (Å²) in [6, 6.07) is 6.32. The van der Waals surface area contributed by atoms with Crippen LogP contribution in [0.25, 0.3) is 0 Å². The molecule has 1 aromatic carbocycles. The second kappa shape index (κ2) is 3.22. The molecule has 1 aliphatic carbocycles. The van der Waals surface area contributed by atoms with Crippen molar-refractivity contribution in [1.29, 1.82) is 0 Å². The fraction of sp³-hybridized carbons (Fsp3) is 0.500. The van der Waals surface area contributed by atoms with E-state index in [0.717, 1.165) is 6.54 Å². The van der Waals surface area contributed by atoms with Crippen molar-refractivity contribution in [3.8, 4) is 5.75 Å². The summed E-state index contributed by atoms with van der Waals surface area (Å²) in [4.78, 5) is 0. The molecule has 1 aromatic rings. The van der Waals surface area contributed by atoms with E-state index in [9.17, 15) is 5.11 Å². The second-order valence-electron chi connectivity index (χ2n) is 4.47. The molecule has 3 rings (SSSR count). The largest absolute Gasteiger partial charge is 0.508 e. The first-order valence-corrected chi connectivity index (χ1v) is 5.56. The summed E-state index contributed by atoms with van der Waals surface area (Å²) in [6.07, 6.45) is 2.38. The molecule has 3 heteroatoms. The van der Waals surface area contributed by atoms with Gasteiger partial charge in [0.2, 0.25) is 0 Å². The third-order valence-electron chi connectivity index (χ3n) is 3.76. The van der Waals surface area contributed by atoms with Gasteiger partial charge in [-0.05, 0) is 49.1 Å². The lowest BCUT2D eigenvalue weighted by Crippen LogP contribution is -2.40. The van der Waals surface area contributed by atoms with Gasteiger partial charge in [0.1, 0.15) is 5.75 Å². The topological polar surface area (TPSA) is 35.5 Å². The number of benzene rings is 1. The molecule has 2 atom stereocenters. The van der Waals surface area contributed by atoms with Crippen LogP contribution in [-0.4, -0.2) is 23.7 Å². The van der Waals surface area contributed by atoms with Gasteiger partial charge >= 0.3 is 0 Å². The van der Waals surface area contributed by atoms with Crippen LogP contribution in [0.2, 0.25) is 0 Å². The maximum atomic E-state index is 9.51. The molecule has 80 valence electrons. The van der Waals surface area contributed by atoms with Gasteiger partial charge in [-0.25, -0.2) is 5.01 Å². The van der Waals surface area contributed by atoms with Gasteiger partial charge in [-0.15, -0.1) is 0 Å². The molecule has 2 unspecified atom stereocenters. The van der Waals surface area contributed by atoms with Crippen LogP contribution in [0.5, 0.6) is 5.75 Å². The molecule has 0 saturated carbocycles. The second-order valence-corrected chi connectivity index (χ2v) is 4.47. The van der Waals surface area contributed by atoms with Crippen molar-refractivity contribution in [2.45, 2.75) is 24.8 Å². The number of nitrogens with one attached hydrogen (secondary N) is 1. The van der Waals surface area contributed by atoms with Crippen molar-refractivity contribution in [1.82, 2.24) is 10.4 Å².